The quantitative estimate of drug-likeness (QED) is 0.516. The predicted octanol–water partition coefficient (Wildman–Crippen LogP) is 1.86. The Morgan fingerprint density at radius 3 is 2.07 bits per heavy atom. The van der Waals surface area contributed by atoms with Crippen LogP contribution in [0.1, 0.15) is 41.0 Å². The lowest BCUT2D eigenvalue weighted by atomic mass is 9.58. The van der Waals surface area contributed by atoms with Crippen LogP contribution >= 0.6 is 0 Å². The van der Waals surface area contributed by atoms with Gasteiger partial charge in [-0.3, -0.25) is 9.59 Å². The molecule has 2 unspecified atom stereocenters. The molecule has 1 rings (SSSR count). The van der Waals surface area contributed by atoms with Gasteiger partial charge in [-0.15, -0.1) is 0 Å². The van der Waals surface area contributed by atoms with Crippen LogP contribution < -0.4 is 0 Å². The van der Waals surface area contributed by atoms with Crippen molar-refractivity contribution in [1.82, 2.24) is 4.90 Å². The van der Waals surface area contributed by atoms with Gasteiger partial charge in [0.2, 0.25) is 5.78 Å². The molecule has 3 nitrogen and oxygen atoms in total. The van der Waals surface area contributed by atoms with Crippen molar-refractivity contribution in [2.24, 2.45) is 11.3 Å². The van der Waals surface area contributed by atoms with Gasteiger partial charge >= 0.3 is 0 Å². The van der Waals surface area contributed by atoms with Gasteiger partial charge in [0.15, 0.2) is 0 Å². The molecule has 1 fully saturated rings. The minimum Gasteiger partial charge on any atom is -0.325 e. The Balaban J connectivity index is 3.22. The standard InChI is InChI=1S/C12H21NO2/c1-7-8(2)12(11(3,4)5)9(14)10(15)13(12)6/h8H,7H2,1-6H3. The van der Waals surface area contributed by atoms with E-state index in [-0.39, 0.29) is 23.0 Å². The number of β-lactam (4-membered cyclic amide) rings is 1. The van der Waals surface area contributed by atoms with Crippen LogP contribution in [0, 0.1) is 11.3 Å². The molecule has 0 aromatic rings. The third kappa shape index (κ3) is 1.25. The first-order chi connectivity index (χ1) is 6.71. The lowest BCUT2D eigenvalue weighted by Crippen LogP contribution is -2.78. The third-order valence-electron chi connectivity index (χ3n) is 3.84. The number of nitrogens with zero attached hydrogens (tertiary/aromatic N) is 1. The molecule has 0 bridgehead atoms. The number of amides is 1. The number of carbonyl (C=O) groups excluding carboxylic acids is 2. The maximum atomic E-state index is 11.9. The highest BCUT2D eigenvalue weighted by atomic mass is 16.2. The average molecular weight is 211 g/mol. The van der Waals surface area contributed by atoms with Gasteiger partial charge < -0.3 is 4.90 Å². The molecule has 0 aromatic carbocycles. The largest absolute Gasteiger partial charge is 0.325 e. The molecule has 0 N–H and O–H groups in total. The minimum absolute atomic E-state index is 0.202. The number of hydrogen-bond donors (Lipinski definition) is 0. The normalized spacial score (nSPS) is 29.1. The number of Topliss-reactive ketones (excluding diaryl/α,β-unsaturated/α-hetero) is 1. The van der Waals surface area contributed by atoms with Crippen molar-refractivity contribution in [3.8, 4) is 0 Å². The van der Waals surface area contributed by atoms with Gasteiger partial charge in [-0.25, -0.2) is 0 Å². The predicted molar refractivity (Wildman–Crippen MR) is 59.4 cm³/mol. The van der Waals surface area contributed by atoms with E-state index in [4.69, 9.17) is 0 Å². The summed E-state index contributed by atoms with van der Waals surface area (Å²) in [5, 5.41) is 0. The zero-order chi connectivity index (χ0) is 12.0. The number of hydrogen-bond acceptors (Lipinski definition) is 2. The smallest absolute Gasteiger partial charge is 0.293 e. The molecule has 15 heavy (non-hydrogen) atoms. The van der Waals surface area contributed by atoms with Crippen LogP contribution in [0.2, 0.25) is 0 Å². The van der Waals surface area contributed by atoms with Crippen molar-refractivity contribution in [1.29, 1.82) is 0 Å². The van der Waals surface area contributed by atoms with Crippen molar-refractivity contribution in [2.75, 3.05) is 7.05 Å². The second-order valence-corrected chi connectivity index (χ2v) is 5.52. The summed E-state index contributed by atoms with van der Waals surface area (Å²) < 4.78 is 0. The topological polar surface area (TPSA) is 37.4 Å². The highest BCUT2D eigenvalue weighted by Gasteiger charge is 2.66. The molecule has 0 radical (unpaired) electrons. The Kier molecular flexibility index (Phi) is 2.71. The van der Waals surface area contributed by atoms with Crippen LogP contribution in [0.4, 0.5) is 0 Å². The van der Waals surface area contributed by atoms with E-state index < -0.39 is 5.54 Å². The minimum atomic E-state index is -0.598. The van der Waals surface area contributed by atoms with Crippen LogP contribution in [0.5, 0.6) is 0 Å². The fourth-order valence-electron chi connectivity index (χ4n) is 3.01. The van der Waals surface area contributed by atoms with Crippen LogP contribution in [-0.2, 0) is 9.59 Å². The molecule has 1 saturated heterocycles. The first kappa shape index (κ1) is 12.2. The monoisotopic (exact) mass is 211 g/mol. The van der Waals surface area contributed by atoms with E-state index in [1.54, 1.807) is 11.9 Å². The molecule has 3 heteroatoms. The summed E-state index contributed by atoms with van der Waals surface area (Å²) in [6.45, 7) is 10.2. The molecule has 1 amide bonds. The Morgan fingerprint density at radius 1 is 1.33 bits per heavy atom. The van der Waals surface area contributed by atoms with E-state index in [1.165, 1.54) is 0 Å². The van der Waals surface area contributed by atoms with Gasteiger partial charge in [0.05, 0.1) is 0 Å². The number of ketones is 1. The molecule has 86 valence electrons. The Morgan fingerprint density at radius 2 is 1.80 bits per heavy atom. The van der Waals surface area contributed by atoms with Gasteiger partial charge in [0, 0.05) is 7.05 Å². The van der Waals surface area contributed by atoms with Gasteiger partial charge in [-0.05, 0) is 11.3 Å². The van der Waals surface area contributed by atoms with E-state index in [0.717, 1.165) is 6.42 Å². The number of rotatable bonds is 2. The van der Waals surface area contributed by atoms with E-state index >= 15 is 0 Å². The Labute approximate surface area is 91.8 Å². The average Bonchev–Trinajstić information content (AvgIpc) is 2.15. The molecule has 1 aliphatic rings. The van der Waals surface area contributed by atoms with E-state index in [0.29, 0.717) is 0 Å². The van der Waals surface area contributed by atoms with E-state index in [2.05, 4.69) is 6.92 Å². The number of carbonyl (C=O) groups is 2. The summed E-state index contributed by atoms with van der Waals surface area (Å²) in [7, 11) is 1.74. The lowest BCUT2D eigenvalue weighted by Gasteiger charge is -2.58. The Hall–Kier alpha value is -0.860. The van der Waals surface area contributed by atoms with Crippen LogP contribution in [0.15, 0.2) is 0 Å². The summed E-state index contributed by atoms with van der Waals surface area (Å²) in [5.41, 5.74) is -0.805. The first-order valence-corrected chi connectivity index (χ1v) is 5.53. The molecule has 0 aromatic heterocycles. The highest BCUT2D eigenvalue weighted by molar-refractivity contribution is 6.46. The van der Waals surface area contributed by atoms with Crippen molar-refractivity contribution in [3.63, 3.8) is 0 Å². The molecule has 2 atom stereocenters. The maximum absolute atomic E-state index is 11.9. The summed E-state index contributed by atoms with van der Waals surface area (Å²) in [4.78, 5) is 25.0. The SMILES string of the molecule is CCC(C)C1(C(C)(C)C)C(=O)C(=O)N1C. The van der Waals surface area contributed by atoms with Gasteiger partial charge in [-0.2, -0.15) is 0 Å². The van der Waals surface area contributed by atoms with Crippen LogP contribution in [0.25, 0.3) is 0 Å². The second-order valence-electron chi connectivity index (χ2n) is 5.52. The van der Waals surface area contributed by atoms with Crippen molar-refractivity contribution in [3.05, 3.63) is 0 Å². The number of likely N-dealkylation sites (tertiary alicyclic amines) is 1. The van der Waals surface area contributed by atoms with Gasteiger partial charge in [0.25, 0.3) is 5.91 Å². The second kappa shape index (κ2) is 3.32. The van der Waals surface area contributed by atoms with E-state index in [1.807, 2.05) is 27.7 Å². The molecular weight excluding hydrogens is 190 g/mol. The van der Waals surface area contributed by atoms with Crippen LogP contribution in [-0.4, -0.2) is 29.2 Å². The Bertz CT molecular complexity index is 303. The third-order valence-corrected chi connectivity index (χ3v) is 3.84. The molecule has 0 aliphatic carbocycles. The fraction of sp³-hybridized carbons (Fsp3) is 0.833. The molecule has 0 spiro atoms. The fourth-order valence-corrected chi connectivity index (χ4v) is 3.01. The summed E-state index contributed by atoms with van der Waals surface area (Å²) in [6, 6.07) is 0. The molecule has 1 aliphatic heterocycles. The van der Waals surface area contributed by atoms with E-state index in [9.17, 15) is 9.59 Å². The zero-order valence-corrected chi connectivity index (χ0v) is 10.5. The van der Waals surface area contributed by atoms with Crippen LogP contribution in [0.3, 0.4) is 0 Å². The summed E-state index contributed by atoms with van der Waals surface area (Å²) in [6.07, 6.45) is 0.903. The zero-order valence-electron chi connectivity index (χ0n) is 10.5. The highest BCUT2D eigenvalue weighted by Crippen LogP contribution is 2.48. The number of likely N-dealkylation sites (N-methyl/N-ethyl adjacent to an activating group) is 1. The lowest BCUT2D eigenvalue weighted by molar-refractivity contribution is -0.183. The van der Waals surface area contributed by atoms with Crippen molar-refractivity contribution >= 4 is 11.7 Å². The van der Waals surface area contributed by atoms with Crippen molar-refractivity contribution in [2.45, 2.75) is 46.6 Å². The molecule has 1 heterocycles. The first-order valence-electron chi connectivity index (χ1n) is 5.53. The van der Waals surface area contributed by atoms with Gasteiger partial charge in [0.1, 0.15) is 5.54 Å². The molecule has 0 saturated carbocycles. The molecular formula is C12H21NO2. The van der Waals surface area contributed by atoms with Gasteiger partial charge in [-0.1, -0.05) is 41.0 Å². The maximum Gasteiger partial charge on any atom is 0.293 e. The summed E-state index contributed by atoms with van der Waals surface area (Å²) >= 11 is 0. The summed E-state index contributed by atoms with van der Waals surface area (Å²) in [5.74, 6) is -0.357. The van der Waals surface area contributed by atoms with Crippen molar-refractivity contribution < 1.29 is 9.59 Å².